The second-order valence-electron chi connectivity index (χ2n) is 7.03. The van der Waals surface area contributed by atoms with Gasteiger partial charge in [-0.1, -0.05) is 19.3 Å². The summed E-state index contributed by atoms with van der Waals surface area (Å²) in [6.07, 6.45) is 5.56. The first-order chi connectivity index (χ1) is 12.7. The van der Waals surface area contributed by atoms with Crippen LogP contribution in [-0.2, 0) is 9.47 Å². The third-order valence-electron chi connectivity index (χ3n) is 5.25. The highest BCUT2D eigenvalue weighted by Gasteiger charge is 2.44. The molecule has 0 amide bonds. The molecule has 1 aliphatic heterocycles. The smallest absolute Gasteiger partial charge is 0.167 e. The molecular formula is C17H25N5O4. The number of rotatable bonds is 5. The molecule has 9 heteroatoms. The number of imidazole rings is 1. The maximum absolute atomic E-state index is 10.4. The number of fused-ring (bicyclic) bond motifs is 1. The summed E-state index contributed by atoms with van der Waals surface area (Å²) in [4.78, 5) is 13.1. The van der Waals surface area contributed by atoms with Crippen LogP contribution in [0.4, 0.5) is 5.82 Å². The van der Waals surface area contributed by atoms with E-state index in [1.54, 1.807) is 10.9 Å². The van der Waals surface area contributed by atoms with Gasteiger partial charge in [-0.15, -0.1) is 0 Å². The number of aromatic nitrogens is 4. The summed E-state index contributed by atoms with van der Waals surface area (Å²) in [7, 11) is 1.53. The summed E-state index contributed by atoms with van der Waals surface area (Å²) in [5.41, 5.74) is 1.20. The first-order valence-electron chi connectivity index (χ1n) is 9.13. The van der Waals surface area contributed by atoms with E-state index in [1.807, 2.05) is 0 Å². The van der Waals surface area contributed by atoms with Crippen LogP contribution in [0.25, 0.3) is 11.2 Å². The van der Waals surface area contributed by atoms with Gasteiger partial charge in [0.15, 0.2) is 23.2 Å². The van der Waals surface area contributed by atoms with Crippen molar-refractivity contribution in [1.29, 1.82) is 0 Å². The fourth-order valence-electron chi connectivity index (χ4n) is 3.84. The predicted octanol–water partition coefficient (Wildman–Crippen LogP) is 0.836. The highest BCUT2D eigenvalue weighted by atomic mass is 16.6. The van der Waals surface area contributed by atoms with E-state index >= 15 is 0 Å². The summed E-state index contributed by atoms with van der Waals surface area (Å²) < 4.78 is 12.5. The molecule has 2 fully saturated rings. The number of aliphatic hydroxyl groups excluding tert-OH is 2. The number of nitrogens with zero attached hydrogens (tertiary/aromatic N) is 4. The Morgan fingerprint density at radius 1 is 1.19 bits per heavy atom. The Morgan fingerprint density at radius 3 is 2.77 bits per heavy atom. The lowest BCUT2D eigenvalue weighted by atomic mass is 9.95. The molecule has 142 valence electrons. The largest absolute Gasteiger partial charge is 0.387 e. The molecule has 2 aromatic rings. The highest BCUT2D eigenvalue weighted by Crippen LogP contribution is 2.32. The monoisotopic (exact) mass is 363 g/mol. The van der Waals surface area contributed by atoms with Crippen LogP contribution in [0.2, 0.25) is 0 Å². The van der Waals surface area contributed by atoms with Gasteiger partial charge >= 0.3 is 0 Å². The van der Waals surface area contributed by atoms with Crippen LogP contribution in [-0.4, -0.2) is 67.8 Å². The highest BCUT2D eigenvalue weighted by molar-refractivity contribution is 5.82. The molecule has 4 rings (SSSR count). The van der Waals surface area contributed by atoms with Crippen LogP contribution in [0, 0.1) is 0 Å². The second-order valence-corrected chi connectivity index (χ2v) is 7.03. The zero-order valence-electron chi connectivity index (χ0n) is 14.8. The van der Waals surface area contributed by atoms with Gasteiger partial charge < -0.3 is 25.0 Å². The van der Waals surface area contributed by atoms with Crippen molar-refractivity contribution in [3.05, 3.63) is 12.7 Å². The third kappa shape index (κ3) is 3.16. The summed E-state index contributed by atoms with van der Waals surface area (Å²) in [6, 6.07) is 0.397. The van der Waals surface area contributed by atoms with Crippen LogP contribution < -0.4 is 5.32 Å². The maximum Gasteiger partial charge on any atom is 0.167 e. The molecule has 2 aromatic heterocycles. The van der Waals surface area contributed by atoms with Gasteiger partial charge in [-0.25, -0.2) is 15.0 Å². The average Bonchev–Trinajstić information content (AvgIpc) is 3.20. The Balaban J connectivity index is 1.60. The molecule has 1 saturated heterocycles. The van der Waals surface area contributed by atoms with E-state index in [2.05, 4.69) is 20.3 Å². The summed E-state index contributed by atoms with van der Waals surface area (Å²) in [6.45, 7) is 0.199. The normalized spacial score (nSPS) is 30.1. The molecule has 26 heavy (non-hydrogen) atoms. The van der Waals surface area contributed by atoms with Crippen LogP contribution >= 0.6 is 0 Å². The van der Waals surface area contributed by atoms with Crippen molar-refractivity contribution in [3.8, 4) is 0 Å². The van der Waals surface area contributed by atoms with Gasteiger partial charge in [0.2, 0.25) is 0 Å². The van der Waals surface area contributed by atoms with Crippen LogP contribution in [0.3, 0.4) is 0 Å². The van der Waals surface area contributed by atoms with E-state index in [1.165, 1.54) is 32.7 Å². The van der Waals surface area contributed by atoms with Gasteiger partial charge in [-0.3, -0.25) is 4.57 Å². The van der Waals surface area contributed by atoms with E-state index in [0.29, 0.717) is 23.0 Å². The zero-order valence-corrected chi connectivity index (χ0v) is 14.8. The first kappa shape index (κ1) is 17.6. The van der Waals surface area contributed by atoms with Gasteiger partial charge in [-0.05, 0) is 12.8 Å². The van der Waals surface area contributed by atoms with Crippen molar-refractivity contribution in [2.24, 2.45) is 0 Å². The molecule has 2 aliphatic rings. The molecule has 0 aromatic carbocycles. The minimum absolute atomic E-state index is 0.199. The lowest BCUT2D eigenvalue weighted by molar-refractivity contribution is -0.0580. The molecule has 3 heterocycles. The lowest BCUT2D eigenvalue weighted by Gasteiger charge is -2.23. The number of nitrogens with one attached hydrogen (secondary N) is 1. The van der Waals surface area contributed by atoms with Gasteiger partial charge in [0.1, 0.15) is 24.6 Å². The lowest BCUT2D eigenvalue weighted by Crippen LogP contribution is -2.33. The van der Waals surface area contributed by atoms with E-state index in [0.717, 1.165) is 12.8 Å². The fraction of sp³-hybridized carbons (Fsp3) is 0.706. The Hall–Kier alpha value is -1.81. The van der Waals surface area contributed by atoms with Gasteiger partial charge in [0.25, 0.3) is 0 Å². The Labute approximate surface area is 151 Å². The van der Waals surface area contributed by atoms with Crippen molar-refractivity contribution in [1.82, 2.24) is 19.5 Å². The minimum atomic E-state index is -1.09. The minimum Gasteiger partial charge on any atom is -0.387 e. The van der Waals surface area contributed by atoms with Crippen LogP contribution in [0.1, 0.15) is 38.3 Å². The molecule has 3 N–H and O–H groups in total. The Bertz CT molecular complexity index is 748. The number of methoxy groups -OCH3 is 1. The van der Waals surface area contributed by atoms with Crippen LogP contribution in [0.15, 0.2) is 12.7 Å². The topological polar surface area (TPSA) is 115 Å². The van der Waals surface area contributed by atoms with Gasteiger partial charge in [0, 0.05) is 13.2 Å². The fourth-order valence-corrected chi connectivity index (χ4v) is 3.84. The first-order valence-corrected chi connectivity index (χ1v) is 9.13. The molecule has 4 atom stereocenters. The Kier molecular flexibility index (Phi) is 5.03. The number of aliphatic hydroxyl groups is 2. The van der Waals surface area contributed by atoms with Crippen molar-refractivity contribution in [3.63, 3.8) is 0 Å². The molecule has 1 aliphatic carbocycles. The number of ether oxygens (including phenoxy) is 2. The summed E-state index contributed by atoms with van der Waals surface area (Å²) in [5.74, 6) is 0.696. The van der Waals surface area contributed by atoms with Crippen molar-refractivity contribution in [2.45, 2.75) is 62.7 Å². The van der Waals surface area contributed by atoms with Crippen molar-refractivity contribution >= 4 is 17.0 Å². The van der Waals surface area contributed by atoms with E-state index in [4.69, 9.17) is 9.47 Å². The molecular weight excluding hydrogens is 338 g/mol. The van der Waals surface area contributed by atoms with Gasteiger partial charge in [-0.2, -0.15) is 0 Å². The number of hydrogen-bond donors (Lipinski definition) is 3. The van der Waals surface area contributed by atoms with Crippen molar-refractivity contribution in [2.75, 3.05) is 19.0 Å². The van der Waals surface area contributed by atoms with Crippen molar-refractivity contribution < 1.29 is 19.7 Å². The SMILES string of the molecule is COC[C@H]1O[C@@H](n2cnc3c(NC4CCCCC4)ncnc32)[C@H](O)[C@@H]1O. The number of anilines is 1. The van der Waals surface area contributed by atoms with E-state index in [9.17, 15) is 10.2 Å². The van der Waals surface area contributed by atoms with E-state index in [-0.39, 0.29) is 6.61 Å². The Morgan fingerprint density at radius 2 is 2.00 bits per heavy atom. The molecule has 0 spiro atoms. The molecule has 0 radical (unpaired) electrons. The molecule has 0 bridgehead atoms. The maximum atomic E-state index is 10.4. The van der Waals surface area contributed by atoms with Gasteiger partial charge in [0.05, 0.1) is 12.9 Å². The average molecular weight is 363 g/mol. The number of hydrogen-bond acceptors (Lipinski definition) is 8. The second kappa shape index (κ2) is 7.43. The third-order valence-corrected chi connectivity index (χ3v) is 5.25. The van der Waals surface area contributed by atoms with Crippen LogP contribution in [0.5, 0.6) is 0 Å². The molecule has 9 nitrogen and oxygen atoms in total. The molecule has 0 unspecified atom stereocenters. The summed E-state index contributed by atoms with van der Waals surface area (Å²) in [5, 5.41) is 24.0. The van der Waals surface area contributed by atoms with E-state index < -0.39 is 24.5 Å². The zero-order chi connectivity index (χ0) is 18.1. The standard InChI is InChI=1S/C17H25N5O4/c1-25-7-11-13(23)14(24)17(26-11)22-9-20-12-15(18-8-19-16(12)22)21-10-5-3-2-4-6-10/h8-11,13-14,17,23-24H,2-7H2,1H3,(H,18,19,21)/t11-,13-,14-,17-/m1/s1. The summed E-state index contributed by atoms with van der Waals surface area (Å²) >= 11 is 0. The molecule has 1 saturated carbocycles. The predicted molar refractivity (Wildman–Crippen MR) is 93.6 cm³/mol. The quantitative estimate of drug-likeness (QED) is 0.716.